The molecule has 0 aromatic carbocycles. The van der Waals surface area contributed by atoms with Crippen LogP contribution < -0.4 is 0 Å². The Morgan fingerprint density at radius 3 is 2.62 bits per heavy atom. The average molecular weight is 181 g/mol. The molecule has 13 heavy (non-hydrogen) atoms. The molecule has 2 nitrogen and oxygen atoms in total. The number of hydrogen-bond donors (Lipinski definition) is 0. The minimum absolute atomic E-state index is 0.380. The zero-order valence-electron chi connectivity index (χ0n) is 8.62. The van der Waals surface area contributed by atoms with Crippen molar-refractivity contribution in [3.8, 4) is 0 Å². The van der Waals surface area contributed by atoms with Crippen molar-refractivity contribution in [2.45, 2.75) is 33.1 Å². The summed E-state index contributed by atoms with van der Waals surface area (Å²) >= 11 is 0. The summed E-state index contributed by atoms with van der Waals surface area (Å²) in [5, 5.41) is 0. The summed E-state index contributed by atoms with van der Waals surface area (Å²) < 4.78 is 0. The van der Waals surface area contributed by atoms with Crippen LogP contribution in [0, 0.1) is 17.8 Å². The Balaban J connectivity index is 1.88. The molecule has 0 aromatic rings. The van der Waals surface area contributed by atoms with Crippen LogP contribution in [0.25, 0.3) is 0 Å². The van der Waals surface area contributed by atoms with Gasteiger partial charge in [0.05, 0.1) is 0 Å². The fourth-order valence-electron chi connectivity index (χ4n) is 2.29. The standard InChI is InChI=1S/C11H19NO/c1-8-4-3-5-12(7-8)11(13)10-6-9(10)2/h8-10H,3-7H2,1-2H3/t8?,9-,10-/m1/s1. The van der Waals surface area contributed by atoms with Gasteiger partial charge in [-0.1, -0.05) is 13.8 Å². The number of hydrogen-bond acceptors (Lipinski definition) is 1. The Bertz CT molecular complexity index is 214. The van der Waals surface area contributed by atoms with Gasteiger partial charge in [-0.05, 0) is 31.1 Å². The van der Waals surface area contributed by atoms with Crippen LogP contribution >= 0.6 is 0 Å². The van der Waals surface area contributed by atoms with Crippen molar-refractivity contribution < 1.29 is 4.79 Å². The number of carbonyl (C=O) groups excluding carboxylic acids is 1. The molecule has 1 heterocycles. The van der Waals surface area contributed by atoms with Gasteiger partial charge in [-0.15, -0.1) is 0 Å². The minimum atomic E-state index is 0.380. The molecular weight excluding hydrogens is 162 g/mol. The van der Waals surface area contributed by atoms with Gasteiger partial charge in [0.25, 0.3) is 0 Å². The molecule has 0 bridgehead atoms. The SMILES string of the molecule is CC1CCCN(C(=O)[C@@H]2C[C@H]2C)C1. The van der Waals surface area contributed by atoms with Crippen molar-refractivity contribution in [3.05, 3.63) is 0 Å². The van der Waals surface area contributed by atoms with Crippen molar-refractivity contribution in [2.24, 2.45) is 17.8 Å². The van der Waals surface area contributed by atoms with Crippen LogP contribution in [0.3, 0.4) is 0 Å². The van der Waals surface area contributed by atoms with Gasteiger partial charge >= 0.3 is 0 Å². The van der Waals surface area contributed by atoms with Crippen LogP contribution in [0.4, 0.5) is 0 Å². The van der Waals surface area contributed by atoms with Crippen LogP contribution in [0.5, 0.6) is 0 Å². The lowest BCUT2D eigenvalue weighted by atomic mass is 10.00. The third kappa shape index (κ3) is 1.87. The van der Waals surface area contributed by atoms with E-state index in [1.54, 1.807) is 0 Å². The predicted molar refractivity (Wildman–Crippen MR) is 52.2 cm³/mol. The lowest BCUT2D eigenvalue weighted by molar-refractivity contribution is -0.134. The molecule has 1 amide bonds. The highest BCUT2D eigenvalue weighted by molar-refractivity contribution is 5.81. The maximum Gasteiger partial charge on any atom is 0.225 e. The number of nitrogens with zero attached hydrogens (tertiary/aromatic N) is 1. The minimum Gasteiger partial charge on any atom is -0.342 e. The maximum absolute atomic E-state index is 11.8. The van der Waals surface area contributed by atoms with Gasteiger partial charge in [0.15, 0.2) is 0 Å². The summed E-state index contributed by atoms with van der Waals surface area (Å²) in [4.78, 5) is 13.9. The molecule has 0 radical (unpaired) electrons. The fourth-order valence-corrected chi connectivity index (χ4v) is 2.29. The van der Waals surface area contributed by atoms with Crippen LogP contribution in [-0.2, 0) is 4.79 Å². The summed E-state index contributed by atoms with van der Waals surface area (Å²) in [5.74, 6) is 2.18. The summed E-state index contributed by atoms with van der Waals surface area (Å²) in [6, 6.07) is 0. The van der Waals surface area contributed by atoms with E-state index in [1.807, 2.05) is 0 Å². The van der Waals surface area contributed by atoms with E-state index in [9.17, 15) is 4.79 Å². The average Bonchev–Trinajstić information content (AvgIpc) is 2.81. The van der Waals surface area contributed by atoms with Gasteiger partial charge in [-0.2, -0.15) is 0 Å². The monoisotopic (exact) mass is 181 g/mol. The molecule has 0 N–H and O–H groups in total. The highest BCUT2D eigenvalue weighted by Gasteiger charge is 2.41. The molecule has 1 unspecified atom stereocenters. The molecule has 1 saturated carbocycles. The van der Waals surface area contributed by atoms with E-state index >= 15 is 0 Å². The Labute approximate surface area is 80.3 Å². The molecule has 74 valence electrons. The summed E-state index contributed by atoms with van der Waals surface area (Å²) in [6.07, 6.45) is 3.63. The van der Waals surface area contributed by atoms with Gasteiger partial charge in [-0.25, -0.2) is 0 Å². The van der Waals surface area contributed by atoms with Crippen molar-refractivity contribution in [3.63, 3.8) is 0 Å². The van der Waals surface area contributed by atoms with Gasteiger partial charge in [-0.3, -0.25) is 4.79 Å². The van der Waals surface area contributed by atoms with E-state index in [4.69, 9.17) is 0 Å². The van der Waals surface area contributed by atoms with Crippen molar-refractivity contribution in [1.82, 2.24) is 4.90 Å². The highest BCUT2D eigenvalue weighted by atomic mass is 16.2. The maximum atomic E-state index is 11.8. The smallest absolute Gasteiger partial charge is 0.225 e. The van der Waals surface area contributed by atoms with Crippen LogP contribution in [0.15, 0.2) is 0 Å². The van der Waals surface area contributed by atoms with Gasteiger partial charge < -0.3 is 4.90 Å². The number of piperidine rings is 1. The van der Waals surface area contributed by atoms with E-state index < -0.39 is 0 Å². The first kappa shape index (κ1) is 9.04. The quantitative estimate of drug-likeness (QED) is 0.605. The first-order chi connectivity index (χ1) is 6.18. The second kappa shape index (κ2) is 3.32. The largest absolute Gasteiger partial charge is 0.342 e. The third-order valence-electron chi connectivity index (χ3n) is 3.40. The Morgan fingerprint density at radius 2 is 2.08 bits per heavy atom. The van der Waals surface area contributed by atoms with Crippen LogP contribution in [0.1, 0.15) is 33.1 Å². The zero-order chi connectivity index (χ0) is 9.42. The normalized spacial score (nSPS) is 38.9. The van der Waals surface area contributed by atoms with Crippen molar-refractivity contribution in [1.29, 1.82) is 0 Å². The summed E-state index contributed by atoms with van der Waals surface area (Å²) in [7, 11) is 0. The Kier molecular flexibility index (Phi) is 2.31. The number of likely N-dealkylation sites (tertiary alicyclic amines) is 1. The number of rotatable bonds is 1. The fraction of sp³-hybridized carbons (Fsp3) is 0.909. The Hall–Kier alpha value is -0.530. The lowest BCUT2D eigenvalue weighted by Crippen LogP contribution is -2.40. The molecule has 1 aliphatic heterocycles. The van der Waals surface area contributed by atoms with E-state index in [0.29, 0.717) is 23.7 Å². The molecule has 3 atom stereocenters. The molecule has 1 saturated heterocycles. The van der Waals surface area contributed by atoms with Gasteiger partial charge in [0.1, 0.15) is 0 Å². The molecule has 2 fully saturated rings. The Morgan fingerprint density at radius 1 is 1.38 bits per heavy atom. The number of amides is 1. The predicted octanol–water partition coefficient (Wildman–Crippen LogP) is 1.90. The second-order valence-electron chi connectivity index (χ2n) is 4.85. The highest BCUT2D eigenvalue weighted by Crippen LogP contribution is 2.39. The molecule has 0 spiro atoms. The third-order valence-corrected chi connectivity index (χ3v) is 3.40. The zero-order valence-corrected chi connectivity index (χ0v) is 8.62. The summed E-state index contributed by atoms with van der Waals surface area (Å²) in [5.41, 5.74) is 0. The van der Waals surface area contributed by atoms with E-state index in [-0.39, 0.29) is 0 Å². The van der Waals surface area contributed by atoms with Gasteiger partial charge in [0, 0.05) is 19.0 Å². The lowest BCUT2D eigenvalue weighted by Gasteiger charge is -2.31. The second-order valence-corrected chi connectivity index (χ2v) is 4.85. The number of carbonyl (C=O) groups is 1. The summed E-state index contributed by atoms with van der Waals surface area (Å²) in [6.45, 7) is 6.43. The topological polar surface area (TPSA) is 20.3 Å². The molecule has 2 rings (SSSR count). The molecule has 1 aliphatic carbocycles. The van der Waals surface area contributed by atoms with Crippen molar-refractivity contribution in [2.75, 3.05) is 13.1 Å². The molecule has 0 aromatic heterocycles. The van der Waals surface area contributed by atoms with Crippen LogP contribution in [-0.4, -0.2) is 23.9 Å². The first-order valence-corrected chi connectivity index (χ1v) is 5.47. The van der Waals surface area contributed by atoms with E-state index in [1.165, 1.54) is 12.8 Å². The molecule has 2 aliphatic rings. The molecular formula is C11H19NO. The van der Waals surface area contributed by atoms with Crippen molar-refractivity contribution >= 4 is 5.91 Å². The van der Waals surface area contributed by atoms with Gasteiger partial charge in [0.2, 0.25) is 5.91 Å². The molecule has 2 heteroatoms. The van der Waals surface area contributed by atoms with E-state index in [0.717, 1.165) is 19.5 Å². The first-order valence-electron chi connectivity index (χ1n) is 5.47. The van der Waals surface area contributed by atoms with E-state index in [2.05, 4.69) is 18.7 Å². The van der Waals surface area contributed by atoms with Crippen LogP contribution in [0.2, 0.25) is 0 Å².